The average Bonchev–Trinajstić information content (AvgIpc) is 2.65. The van der Waals surface area contributed by atoms with Crippen LogP contribution in [-0.4, -0.2) is 15.0 Å². The predicted molar refractivity (Wildman–Crippen MR) is 102 cm³/mol. The van der Waals surface area contributed by atoms with Crippen molar-refractivity contribution < 1.29 is 12.6 Å². The Bertz CT molecular complexity index is 682. The molecule has 0 aromatic heterocycles. The first-order chi connectivity index (χ1) is 12.2. The van der Waals surface area contributed by atoms with Gasteiger partial charge in [0.25, 0.3) is 10.1 Å². The molecule has 0 spiro atoms. The molecular formula is C21H28O3S. The third kappa shape index (κ3) is 7.84. The zero-order valence-corrected chi connectivity index (χ0v) is 15.6. The van der Waals surface area contributed by atoms with Gasteiger partial charge >= 0.3 is 0 Å². The lowest BCUT2D eigenvalue weighted by atomic mass is 10.0. The summed E-state index contributed by atoms with van der Waals surface area (Å²) in [6.45, 7) is 0.269. The Kier molecular flexibility index (Phi) is 8.70. The van der Waals surface area contributed by atoms with E-state index in [1.165, 1.54) is 31.2 Å². The normalized spacial score (nSPS) is 11.5. The van der Waals surface area contributed by atoms with Gasteiger partial charge in [-0.15, -0.1) is 0 Å². The molecule has 0 saturated heterocycles. The Hall–Kier alpha value is -1.65. The maximum Gasteiger partial charge on any atom is 0.296 e. The third-order valence-electron chi connectivity index (χ3n) is 4.22. The van der Waals surface area contributed by atoms with Crippen LogP contribution in [0.25, 0.3) is 0 Å². The van der Waals surface area contributed by atoms with E-state index >= 15 is 0 Å². The summed E-state index contributed by atoms with van der Waals surface area (Å²) in [4.78, 5) is 0.230. The van der Waals surface area contributed by atoms with E-state index in [9.17, 15) is 8.42 Å². The van der Waals surface area contributed by atoms with Crippen LogP contribution in [0.1, 0.15) is 50.5 Å². The summed E-state index contributed by atoms with van der Waals surface area (Å²) < 4.78 is 28.9. The third-order valence-corrected chi connectivity index (χ3v) is 5.55. The second-order valence-corrected chi connectivity index (χ2v) is 7.91. The van der Waals surface area contributed by atoms with Crippen molar-refractivity contribution in [3.8, 4) is 0 Å². The maximum absolute atomic E-state index is 11.9. The minimum absolute atomic E-state index is 0.230. The zero-order valence-electron chi connectivity index (χ0n) is 14.8. The van der Waals surface area contributed by atoms with Crippen molar-refractivity contribution >= 4 is 10.1 Å². The molecule has 0 atom stereocenters. The lowest BCUT2D eigenvalue weighted by Gasteiger charge is -2.06. The molecule has 0 bridgehead atoms. The van der Waals surface area contributed by atoms with Crippen LogP contribution in [0.2, 0.25) is 0 Å². The zero-order chi connectivity index (χ0) is 17.8. The average molecular weight is 361 g/mol. The molecule has 3 nitrogen and oxygen atoms in total. The molecule has 0 heterocycles. The number of hydrogen-bond acceptors (Lipinski definition) is 3. The fourth-order valence-corrected chi connectivity index (χ4v) is 3.75. The fourth-order valence-electron chi connectivity index (χ4n) is 2.78. The molecule has 0 aliphatic carbocycles. The molecule has 0 aliphatic heterocycles. The molecule has 136 valence electrons. The number of aryl methyl sites for hydroxylation is 1. The Balaban J connectivity index is 1.46. The topological polar surface area (TPSA) is 43.4 Å². The quantitative estimate of drug-likeness (QED) is 0.378. The first-order valence-corrected chi connectivity index (χ1v) is 10.6. The molecule has 0 fully saturated rings. The van der Waals surface area contributed by atoms with Crippen LogP contribution in [0.5, 0.6) is 0 Å². The van der Waals surface area contributed by atoms with Crippen molar-refractivity contribution in [2.75, 3.05) is 6.61 Å². The van der Waals surface area contributed by atoms with Gasteiger partial charge in [0.15, 0.2) is 0 Å². The molecule has 0 saturated carbocycles. The second kappa shape index (κ2) is 11.1. The summed E-state index contributed by atoms with van der Waals surface area (Å²) in [7, 11) is -3.59. The van der Waals surface area contributed by atoms with Crippen molar-refractivity contribution in [3.05, 3.63) is 66.2 Å². The molecule has 0 aliphatic rings. The maximum atomic E-state index is 11.9. The Morgan fingerprint density at radius 2 is 1.16 bits per heavy atom. The minimum Gasteiger partial charge on any atom is -0.266 e. The van der Waals surface area contributed by atoms with E-state index in [2.05, 4.69) is 30.3 Å². The Labute approximate surface area is 152 Å². The smallest absolute Gasteiger partial charge is 0.266 e. The van der Waals surface area contributed by atoms with Gasteiger partial charge in [-0.25, -0.2) is 0 Å². The summed E-state index contributed by atoms with van der Waals surface area (Å²) >= 11 is 0. The molecule has 2 aromatic rings. The van der Waals surface area contributed by atoms with Gasteiger partial charge in [-0.1, -0.05) is 80.6 Å². The van der Waals surface area contributed by atoms with Crippen molar-refractivity contribution in [2.24, 2.45) is 0 Å². The van der Waals surface area contributed by atoms with Gasteiger partial charge in [0, 0.05) is 0 Å². The minimum atomic E-state index is -3.59. The van der Waals surface area contributed by atoms with E-state index in [4.69, 9.17) is 4.18 Å². The molecular weight excluding hydrogens is 332 g/mol. The molecule has 0 unspecified atom stereocenters. The van der Waals surface area contributed by atoms with Crippen molar-refractivity contribution in [1.82, 2.24) is 0 Å². The second-order valence-electron chi connectivity index (χ2n) is 6.30. The van der Waals surface area contributed by atoms with Crippen molar-refractivity contribution in [3.63, 3.8) is 0 Å². The van der Waals surface area contributed by atoms with Gasteiger partial charge < -0.3 is 0 Å². The first-order valence-electron chi connectivity index (χ1n) is 9.17. The van der Waals surface area contributed by atoms with Crippen LogP contribution in [0.4, 0.5) is 0 Å². The lowest BCUT2D eigenvalue weighted by molar-refractivity contribution is 0.306. The summed E-state index contributed by atoms with van der Waals surface area (Å²) in [6, 6.07) is 18.9. The monoisotopic (exact) mass is 360 g/mol. The van der Waals surface area contributed by atoms with Gasteiger partial charge in [0.2, 0.25) is 0 Å². The number of benzene rings is 2. The summed E-state index contributed by atoms with van der Waals surface area (Å²) in [5.41, 5.74) is 1.42. The summed E-state index contributed by atoms with van der Waals surface area (Å²) in [5, 5.41) is 0. The largest absolute Gasteiger partial charge is 0.296 e. The number of hydrogen-bond donors (Lipinski definition) is 0. The van der Waals surface area contributed by atoms with Crippen LogP contribution in [-0.2, 0) is 20.7 Å². The molecule has 0 radical (unpaired) electrons. The van der Waals surface area contributed by atoms with Crippen LogP contribution in [0.15, 0.2) is 65.6 Å². The summed E-state index contributed by atoms with van der Waals surface area (Å²) in [6.07, 6.45) is 9.05. The van der Waals surface area contributed by atoms with Gasteiger partial charge in [-0.2, -0.15) is 8.42 Å². The van der Waals surface area contributed by atoms with Gasteiger partial charge in [0.1, 0.15) is 0 Å². The first kappa shape index (κ1) is 19.7. The number of rotatable bonds is 12. The summed E-state index contributed by atoms with van der Waals surface area (Å²) in [5.74, 6) is 0. The van der Waals surface area contributed by atoms with Crippen LogP contribution in [0, 0.1) is 0 Å². The van der Waals surface area contributed by atoms with Crippen LogP contribution >= 0.6 is 0 Å². The highest BCUT2D eigenvalue weighted by Crippen LogP contribution is 2.13. The van der Waals surface area contributed by atoms with E-state index in [0.29, 0.717) is 0 Å². The Morgan fingerprint density at radius 1 is 0.640 bits per heavy atom. The molecule has 0 N–H and O–H groups in total. The molecule has 2 rings (SSSR count). The highest BCUT2D eigenvalue weighted by atomic mass is 32.2. The molecule has 0 amide bonds. The van der Waals surface area contributed by atoms with Gasteiger partial charge in [-0.3, -0.25) is 4.18 Å². The lowest BCUT2D eigenvalue weighted by Crippen LogP contribution is -2.07. The van der Waals surface area contributed by atoms with E-state index < -0.39 is 10.1 Å². The SMILES string of the molecule is O=S(=O)(OCCCCCCCCCc1ccccc1)c1ccccc1. The van der Waals surface area contributed by atoms with Crippen molar-refractivity contribution in [1.29, 1.82) is 0 Å². The molecule has 4 heteroatoms. The van der Waals surface area contributed by atoms with E-state index in [1.807, 2.05) is 0 Å². The Morgan fingerprint density at radius 3 is 1.80 bits per heavy atom. The highest BCUT2D eigenvalue weighted by Gasteiger charge is 2.13. The van der Waals surface area contributed by atoms with Crippen LogP contribution in [0.3, 0.4) is 0 Å². The molecule has 2 aromatic carbocycles. The van der Waals surface area contributed by atoms with E-state index in [0.717, 1.165) is 25.7 Å². The van der Waals surface area contributed by atoms with Crippen LogP contribution < -0.4 is 0 Å². The van der Waals surface area contributed by atoms with Gasteiger partial charge in [-0.05, 0) is 37.0 Å². The van der Waals surface area contributed by atoms with Gasteiger partial charge in [0.05, 0.1) is 11.5 Å². The standard InChI is InChI=1S/C21H28O3S/c22-25(23,21-17-11-7-12-18-21)24-19-13-5-3-1-2-4-8-14-20-15-9-6-10-16-20/h6-7,9-12,15-18H,1-5,8,13-14,19H2. The number of unbranched alkanes of at least 4 members (excludes halogenated alkanes) is 6. The van der Waals surface area contributed by atoms with Crippen molar-refractivity contribution in [2.45, 2.75) is 56.3 Å². The fraction of sp³-hybridized carbons (Fsp3) is 0.429. The van der Waals surface area contributed by atoms with E-state index in [-0.39, 0.29) is 11.5 Å². The molecule has 25 heavy (non-hydrogen) atoms. The highest BCUT2D eigenvalue weighted by molar-refractivity contribution is 7.86. The predicted octanol–water partition coefficient (Wildman–Crippen LogP) is 5.37. The van der Waals surface area contributed by atoms with E-state index in [1.54, 1.807) is 30.3 Å².